The minimum Gasteiger partial charge on any atom is -0.465 e. The molecule has 0 spiro atoms. The zero-order valence-corrected chi connectivity index (χ0v) is 10.4. The molecule has 0 unspecified atom stereocenters. The van der Waals surface area contributed by atoms with E-state index in [4.69, 9.17) is 27.9 Å². The second-order valence-electron chi connectivity index (χ2n) is 3.13. The van der Waals surface area contributed by atoms with Crippen molar-refractivity contribution < 1.29 is 9.53 Å². The molecule has 17 heavy (non-hydrogen) atoms. The molecule has 0 aliphatic rings. The lowest BCUT2D eigenvalue weighted by Crippen LogP contribution is -2.12. The summed E-state index contributed by atoms with van der Waals surface area (Å²) in [7, 11) is 0. The van der Waals surface area contributed by atoms with E-state index in [2.05, 4.69) is 15.0 Å². The van der Waals surface area contributed by atoms with Crippen LogP contribution in [0.5, 0.6) is 0 Å². The highest BCUT2D eigenvalue weighted by molar-refractivity contribution is 6.35. The summed E-state index contributed by atoms with van der Waals surface area (Å²) in [5, 5.41) is 0.172. The molecule has 0 saturated heterocycles. The van der Waals surface area contributed by atoms with Crippen LogP contribution in [0.1, 0.15) is 6.92 Å². The Morgan fingerprint density at radius 3 is 2.94 bits per heavy atom. The fraction of sp³-hybridized carbons (Fsp3) is 0.333. The van der Waals surface area contributed by atoms with E-state index in [1.54, 1.807) is 6.92 Å². The average molecular weight is 275 g/mol. The molecular formula is C9H8Cl2N4O2. The van der Waals surface area contributed by atoms with E-state index in [1.807, 2.05) is 0 Å². The highest BCUT2D eigenvalue weighted by Gasteiger charge is 2.13. The van der Waals surface area contributed by atoms with Crippen molar-refractivity contribution in [3.63, 3.8) is 0 Å². The Kier molecular flexibility index (Phi) is 3.44. The van der Waals surface area contributed by atoms with Crippen molar-refractivity contribution in [2.24, 2.45) is 0 Å². The Morgan fingerprint density at radius 2 is 2.24 bits per heavy atom. The van der Waals surface area contributed by atoms with E-state index < -0.39 is 0 Å². The first-order valence-corrected chi connectivity index (χ1v) is 5.57. The van der Waals surface area contributed by atoms with E-state index in [9.17, 15) is 4.79 Å². The smallest absolute Gasteiger partial charge is 0.326 e. The molecule has 6 nitrogen and oxygen atoms in total. The van der Waals surface area contributed by atoms with E-state index in [0.29, 0.717) is 17.8 Å². The molecule has 2 aromatic heterocycles. The van der Waals surface area contributed by atoms with Crippen LogP contribution < -0.4 is 0 Å². The lowest BCUT2D eigenvalue weighted by Gasteiger charge is -2.04. The third-order valence-electron chi connectivity index (χ3n) is 2.01. The Hall–Kier alpha value is -1.40. The highest BCUT2D eigenvalue weighted by Crippen LogP contribution is 2.21. The van der Waals surface area contributed by atoms with E-state index in [0.717, 1.165) is 0 Å². The third-order valence-corrected chi connectivity index (χ3v) is 2.44. The number of halogens is 2. The number of rotatable bonds is 3. The number of esters is 1. The summed E-state index contributed by atoms with van der Waals surface area (Å²) in [5.74, 6) is -0.377. The Morgan fingerprint density at radius 1 is 1.47 bits per heavy atom. The van der Waals surface area contributed by atoms with Gasteiger partial charge < -0.3 is 9.30 Å². The first-order chi connectivity index (χ1) is 8.11. The summed E-state index contributed by atoms with van der Waals surface area (Å²) in [6.07, 6.45) is 1.44. The van der Waals surface area contributed by atoms with E-state index in [1.165, 1.54) is 10.9 Å². The summed E-state index contributed by atoms with van der Waals surface area (Å²) >= 11 is 11.6. The maximum absolute atomic E-state index is 11.4. The largest absolute Gasteiger partial charge is 0.465 e. The number of imidazole rings is 1. The number of ether oxygens (including phenoxy) is 1. The van der Waals surface area contributed by atoms with Gasteiger partial charge in [0.15, 0.2) is 10.8 Å². The second kappa shape index (κ2) is 4.85. The van der Waals surface area contributed by atoms with Crippen molar-refractivity contribution in [2.45, 2.75) is 13.5 Å². The predicted octanol–water partition coefficient (Wildman–Crippen LogP) is 1.70. The molecule has 2 rings (SSSR count). The average Bonchev–Trinajstić information content (AvgIpc) is 2.61. The fourth-order valence-electron chi connectivity index (χ4n) is 1.38. The van der Waals surface area contributed by atoms with Gasteiger partial charge in [0.2, 0.25) is 5.28 Å². The minimum absolute atomic E-state index is 0.00898. The molecule has 0 fully saturated rings. The summed E-state index contributed by atoms with van der Waals surface area (Å²) in [5.41, 5.74) is 0.809. The van der Waals surface area contributed by atoms with Gasteiger partial charge in [0.05, 0.1) is 12.9 Å². The van der Waals surface area contributed by atoms with E-state index >= 15 is 0 Å². The van der Waals surface area contributed by atoms with Crippen LogP contribution in [0.15, 0.2) is 6.33 Å². The quantitative estimate of drug-likeness (QED) is 0.484. The number of carbonyl (C=O) groups is 1. The van der Waals surface area contributed by atoms with Gasteiger partial charge in [-0.3, -0.25) is 4.79 Å². The molecule has 0 aliphatic carbocycles. The maximum Gasteiger partial charge on any atom is 0.326 e. The van der Waals surface area contributed by atoms with Gasteiger partial charge >= 0.3 is 5.97 Å². The van der Waals surface area contributed by atoms with Crippen LogP contribution >= 0.6 is 23.2 Å². The molecule has 0 radical (unpaired) electrons. The van der Waals surface area contributed by atoms with Crippen LogP contribution in [-0.2, 0) is 16.1 Å². The van der Waals surface area contributed by atoms with Crippen molar-refractivity contribution in [2.75, 3.05) is 6.61 Å². The lowest BCUT2D eigenvalue weighted by molar-refractivity contribution is -0.143. The predicted molar refractivity (Wildman–Crippen MR) is 62.0 cm³/mol. The molecule has 0 saturated carbocycles. The SMILES string of the molecule is CCOC(=O)Cn1cnc2nc(Cl)nc(Cl)c21. The van der Waals surface area contributed by atoms with Crippen molar-refractivity contribution in [3.05, 3.63) is 16.8 Å². The van der Waals surface area contributed by atoms with E-state index in [-0.39, 0.29) is 23.0 Å². The molecule has 0 amide bonds. The molecule has 0 atom stereocenters. The number of carbonyl (C=O) groups excluding carboxylic acids is 1. The van der Waals surface area contributed by atoms with Gasteiger partial charge in [0.25, 0.3) is 0 Å². The van der Waals surface area contributed by atoms with Gasteiger partial charge in [-0.2, -0.15) is 4.98 Å². The van der Waals surface area contributed by atoms with Crippen molar-refractivity contribution in [1.82, 2.24) is 19.5 Å². The number of aromatic nitrogens is 4. The molecule has 8 heteroatoms. The first-order valence-electron chi connectivity index (χ1n) is 4.81. The lowest BCUT2D eigenvalue weighted by atomic mass is 10.5. The monoisotopic (exact) mass is 274 g/mol. The molecule has 0 N–H and O–H groups in total. The summed E-state index contributed by atoms with van der Waals surface area (Å²) in [6.45, 7) is 2.07. The summed E-state index contributed by atoms with van der Waals surface area (Å²) in [4.78, 5) is 23.0. The first kappa shape index (κ1) is 12.1. The Labute approximate surface area is 107 Å². The number of hydrogen-bond donors (Lipinski definition) is 0. The van der Waals surface area contributed by atoms with Crippen LogP contribution in [0.25, 0.3) is 11.2 Å². The van der Waals surface area contributed by atoms with Crippen LogP contribution in [0.3, 0.4) is 0 Å². The standard InChI is InChI=1S/C9H8Cl2N4O2/c1-2-17-5(16)3-15-4-12-8-6(15)7(10)13-9(11)14-8/h4H,2-3H2,1H3. The molecule has 90 valence electrons. The Bertz CT molecular complexity index is 569. The maximum atomic E-state index is 11.4. The van der Waals surface area contributed by atoms with Gasteiger partial charge in [0, 0.05) is 0 Å². The Balaban J connectivity index is 2.39. The van der Waals surface area contributed by atoms with Crippen molar-refractivity contribution in [1.29, 1.82) is 0 Å². The van der Waals surface area contributed by atoms with Gasteiger partial charge in [-0.15, -0.1) is 0 Å². The van der Waals surface area contributed by atoms with Crippen LogP contribution in [0.2, 0.25) is 10.4 Å². The summed E-state index contributed by atoms with van der Waals surface area (Å²) in [6, 6.07) is 0. The van der Waals surface area contributed by atoms with Crippen LogP contribution in [-0.4, -0.2) is 32.1 Å². The minimum atomic E-state index is -0.377. The zero-order chi connectivity index (χ0) is 12.4. The van der Waals surface area contributed by atoms with Crippen LogP contribution in [0, 0.1) is 0 Å². The number of fused-ring (bicyclic) bond motifs is 1. The van der Waals surface area contributed by atoms with Gasteiger partial charge in [-0.25, -0.2) is 9.97 Å². The summed E-state index contributed by atoms with van der Waals surface area (Å²) < 4.78 is 6.35. The van der Waals surface area contributed by atoms with Gasteiger partial charge in [0.1, 0.15) is 12.1 Å². The van der Waals surface area contributed by atoms with Crippen molar-refractivity contribution in [3.8, 4) is 0 Å². The molecule has 0 aromatic carbocycles. The normalized spacial score (nSPS) is 10.8. The zero-order valence-electron chi connectivity index (χ0n) is 8.85. The number of hydrogen-bond acceptors (Lipinski definition) is 5. The van der Waals surface area contributed by atoms with Gasteiger partial charge in [-0.1, -0.05) is 11.6 Å². The second-order valence-corrected chi connectivity index (χ2v) is 3.83. The third kappa shape index (κ3) is 2.48. The highest BCUT2D eigenvalue weighted by atomic mass is 35.5. The molecule has 2 heterocycles. The fourth-order valence-corrected chi connectivity index (χ4v) is 1.86. The van der Waals surface area contributed by atoms with Gasteiger partial charge in [-0.05, 0) is 18.5 Å². The van der Waals surface area contributed by atoms with Crippen LogP contribution in [0.4, 0.5) is 0 Å². The molecular weight excluding hydrogens is 267 g/mol. The molecule has 0 bridgehead atoms. The molecule has 0 aliphatic heterocycles. The number of nitrogens with zero attached hydrogens (tertiary/aromatic N) is 4. The molecule has 2 aromatic rings. The topological polar surface area (TPSA) is 69.9 Å². The van der Waals surface area contributed by atoms with Crippen molar-refractivity contribution >= 4 is 40.3 Å².